The summed E-state index contributed by atoms with van der Waals surface area (Å²) in [4.78, 5) is 13.8. The Hall–Kier alpha value is -2.12. The van der Waals surface area contributed by atoms with Gasteiger partial charge in [0, 0.05) is 27.5 Å². The highest BCUT2D eigenvalue weighted by atomic mass is 32.2. The first-order valence-corrected chi connectivity index (χ1v) is 11.7. The molecule has 0 radical (unpaired) electrons. The third-order valence-electron chi connectivity index (χ3n) is 4.88. The number of thioether (sulfide) groups is 1. The van der Waals surface area contributed by atoms with Crippen LogP contribution in [0.3, 0.4) is 0 Å². The van der Waals surface area contributed by atoms with Crippen molar-refractivity contribution in [3.05, 3.63) is 45.1 Å². The molecule has 0 aliphatic rings. The number of nitrogens with zero attached hydrogens (tertiary/aromatic N) is 3. The number of nitrogens with one attached hydrogen (secondary N) is 1. The number of amides is 1. The van der Waals surface area contributed by atoms with Crippen molar-refractivity contribution >= 4 is 34.7 Å². The number of carbonyl (C=O) groups is 1. The van der Waals surface area contributed by atoms with Crippen LogP contribution in [-0.4, -0.2) is 26.4 Å². The molecule has 2 aromatic heterocycles. The van der Waals surface area contributed by atoms with E-state index in [1.807, 2.05) is 32.0 Å². The Morgan fingerprint density at radius 3 is 2.69 bits per heavy atom. The third kappa shape index (κ3) is 4.73. The molecule has 0 aliphatic carbocycles. The molecule has 0 aliphatic heterocycles. The van der Waals surface area contributed by atoms with Gasteiger partial charge in [0.1, 0.15) is 0 Å². The fourth-order valence-electron chi connectivity index (χ4n) is 3.32. The van der Waals surface area contributed by atoms with E-state index in [1.165, 1.54) is 22.2 Å². The van der Waals surface area contributed by atoms with Gasteiger partial charge in [-0.15, -0.1) is 21.5 Å². The van der Waals surface area contributed by atoms with Crippen molar-refractivity contribution in [3.63, 3.8) is 0 Å². The van der Waals surface area contributed by atoms with Gasteiger partial charge in [0.2, 0.25) is 5.91 Å². The van der Waals surface area contributed by atoms with Crippen LogP contribution >= 0.6 is 23.1 Å². The van der Waals surface area contributed by atoms with Crippen LogP contribution in [0.1, 0.15) is 48.4 Å². The van der Waals surface area contributed by atoms with Gasteiger partial charge in [0.15, 0.2) is 11.0 Å². The number of hydrogen-bond acceptors (Lipinski definition) is 5. The smallest absolute Gasteiger partial charge is 0.234 e. The molecular formula is C22H28N4OS2. The zero-order valence-corrected chi connectivity index (χ0v) is 19.5. The van der Waals surface area contributed by atoms with Crippen molar-refractivity contribution in [3.8, 4) is 11.4 Å². The standard InChI is InChI=1S/C22H28N4OS2/c1-7-17-16(6)28-11-18(17)21-24-25-22(26(21)13(2)3)29-12-20(27)23-19-10-14(4)8-9-15(19)5/h8-11,13H,7,12H2,1-6H3,(H,23,27). The third-order valence-corrected chi connectivity index (χ3v) is 6.78. The minimum absolute atomic E-state index is 0.0378. The highest BCUT2D eigenvalue weighted by Gasteiger charge is 2.21. The van der Waals surface area contributed by atoms with Crippen molar-refractivity contribution in [2.75, 3.05) is 11.1 Å². The second kappa shape index (κ2) is 9.13. The van der Waals surface area contributed by atoms with Gasteiger partial charge in [-0.1, -0.05) is 30.8 Å². The minimum atomic E-state index is -0.0378. The zero-order valence-electron chi connectivity index (χ0n) is 17.9. The van der Waals surface area contributed by atoms with E-state index in [0.717, 1.165) is 39.8 Å². The second-order valence-electron chi connectivity index (χ2n) is 7.46. The van der Waals surface area contributed by atoms with Crippen LogP contribution < -0.4 is 5.32 Å². The lowest BCUT2D eigenvalue weighted by molar-refractivity contribution is -0.113. The average molecular weight is 429 g/mol. The SMILES string of the molecule is CCc1c(-c2nnc(SCC(=O)Nc3cc(C)ccc3C)n2C(C)C)csc1C. The minimum Gasteiger partial charge on any atom is -0.325 e. The second-order valence-corrected chi connectivity index (χ2v) is 9.49. The molecule has 1 amide bonds. The first kappa shape index (κ1) is 21.6. The largest absolute Gasteiger partial charge is 0.325 e. The fraction of sp³-hybridized carbons (Fsp3) is 0.409. The van der Waals surface area contributed by atoms with Crippen LogP contribution in [0.15, 0.2) is 28.7 Å². The van der Waals surface area contributed by atoms with Gasteiger partial charge < -0.3 is 5.32 Å². The summed E-state index contributed by atoms with van der Waals surface area (Å²) in [7, 11) is 0. The fourth-order valence-corrected chi connectivity index (χ4v) is 5.12. The number of aryl methyl sites for hydroxylation is 3. The van der Waals surface area contributed by atoms with Crippen molar-refractivity contribution in [2.45, 2.75) is 59.2 Å². The van der Waals surface area contributed by atoms with Crippen molar-refractivity contribution in [2.24, 2.45) is 0 Å². The van der Waals surface area contributed by atoms with E-state index in [-0.39, 0.29) is 11.9 Å². The molecule has 5 nitrogen and oxygen atoms in total. The first-order valence-electron chi connectivity index (χ1n) is 9.83. The van der Waals surface area contributed by atoms with Crippen LogP contribution in [0.25, 0.3) is 11.4 Å². The molecule has 2 heterocycles. The molecule has 0 saturated heterocycles. The highest BCUT2D eigenvalue weighted by Crippen LogP contribution is 2.34. The van der Waals surface area contributed by atoms with Gasteiger partial charge in [0.25, 0.3) is 0 Å². The molecule has 3 aromatic rings. The number of carbonyl (C=O) groups excluding carboxylic acids is 1. The lowest BCUT2D eigenvalue weighted by Crippen LogP contribution is -2.16. The number of thiophene rings is 1. The molecule has 7 heteroatoms. The molecule has 0 spiro atoms. The normalized spacial score (nSPS) is 11.3. The van der Waals surface area contributed by atoms with Gasteiger partial charge in [-0.25, -0.2) is 0 Å². The van der Waals surface area contributed by atoms with Gasteiger partial charge in [-0.3, -0.25) is 9.36 Å². The van der Waals surface area contributed by atoms with E-state index in [9.17, 15) is 4.79 Å². The Balaban J connectivity index is 1.78. The predicted octanol–water partition coefficient (Wildman–Crippen LogP) is 5.81. The number of anilines is 1. The summed E-state index contributed by atoms with van der Waals surface area (Å²) < 4.78 is 2.14. The van der Waals surface area contributed by atoms with Gasteiger partial charge in [-0.05, 0) is 63.8 Å². The summed E-state index contributed by atoms with van der Waals surface area (Å²) >= 11 is 3.18. The zero-order chi connectivity index (χ0) is 21.1. The maximum atomic E-state index is 12.5. The average Bonchev–Trinajstić information content (AvgIpc) is 3.25. The van der Waals surface area contributed by atoms with E-state index < -0.39 is 0 Å². The van der Waals surface area contributed by atoms with Crippen LogP contribution in [0, 0.1) is 20.8 Å². The van der Waals surface area contributed by atoms with Crippen LogP contribution in [0.4, 0.5) is 5.69 Å². The molecule has 0 atom stereocenters. The number of rotatable bonds is 7. The molecule has 29 heavy (non-hydrogen) atoms. The quantitative estimate of drug-likeness (QED) is 0.483. The van der Waals surface area contributed by atoms with Gasteiger partial charge >= 0.3 is 0 Å². The van der Waals surface area contributed by atoms with Crippen molar-refractivity contribution in [1.29, 1.82) is 0 Å². The Labute approximate surface area is 180 Å². The molecule has 0 bridgehead atoms. The van der Waals surface area contributed by atoms with Crippen LogP contribution in [0.5, 0.6) is 0 Å². The van der Waals surface area contributed by atoms with Crippen molar-refractivity contribution < 1.29 is 4.79 Å². The number of hydrogen-bond donors (Lipinski definition) is 1. The summed E-state index contributed by atoms with van der Waals surface area (Å²) in [6, 6.07) is 6.27. The molecule has 0 unspecified atom stereocenters. The van der Waals surface area contributed by atoms with E-state index in [1.54, 1.807) is 11.3 Å². The highest BCUT2D eigenvalue weighted by molar-refractivity contribution is 7.99. The van der Waals surface area contributed by atoms with Gasteiger partial charge in [0.05, 0.1) is 5.75 Å². The van der Waals surface area contributed by atoms with Gasteiger partial charge in [-0.2, -0.15) is 0 Å². The van der Waals surface area contributed by atoms with E-state index in [2.05, 4.69) is 53.2 Å². The van der Waals surface area contributed by atoms with E-state index in [4.69, 9.17) is 0 Å². The Morgan fingerprint density at radius 1 is 1.24 bits per heavy atom. The molecule has 154 valence electrons. The summed E-state index contributed by atoms with van der Waals surface area (Å²) in [5, 5.41) is 14.8. The van der Waals surface area contributed by atoms with E-state index in [0.29, 0.717) is 5.75 Å². The molecule has 3 rings (SSSR count). The monoisotopic (exact) mass is 428 g/mol. The summed E-state index contributed by atoms with van der Waals surface area (Å²) in [5.41, 5.74) is 5.53. The van der Waals surface area contributed by atoms with Crippen LogP contribution in [0.2, 0.25) is 0 Å². The number of benzene rings is 1. The first-order chi connectivity index (χ1) is 13.8. The Morgan fingerprint density at radius 2 is 2.00 bits per heavy atom. The molecular weight excluding hydrogens is 400 g/mol. The Kier molecular flexibility index (Phi) is 6.80. The van der Waals surface area contributed by atoms with E-state index >= 15 is 0 Å². The Bertz CT molecular complexity index is 1020. The van der Waals surface area contributed by atoms with Crippen LogP contribution in [-0.2, 0) is 11.2 Å². The molecule has 1 aromatic carbocycles. The summed E-state index contributed by atoms with van der Waals surface area (Å²) in [6.07, 6.45) is 0.969. The molecule has 0 fully saturated rings. The van der Waals surface area contributed by atoms with Crippen molar-refractivity contribution in [1.82, 2.24) is 14.8 Å². The molecule has 0 saturated carbocycles. The maximum Gasteiger partial charge on any atom is 0.234 e. The predicted molar refractivity (Wildman–Crippen MR) is 123 cm³/mol. The molecule has 1 N–H and O–H groups in total. The topological polar surface area (TPSA) is 59.8 Å². The summed E-state index contributed by atoms with van der Waals surface area (Å²) in [5.74, 6) is 1.14. The number of aromatic nitrogens is 3. The lowest BCUT2D eigenvalue weighted by Gasteiger charge is -2.14. The lowest BCUT2D eigenvalue weighted by atomic mass is 10.1. The summed E-state index contributed by atoms with van der Waals surface area (Å²) in [6.45, 7) is 12.6. The maximum absolute atomic E-state index is 12.5.